The molecule has 0 saturated carbocycles. The van der Waals surface area contributed by atoms with Gasteiger partial charge in [0.05, 0.1) is 6.61 Å². The molecule has 1 aliphatic rings. The molecule has 16 heavy (non-hydrogen) atoms. The molecular weight excluding hydrogens is 220 g/mol. The molecule has 0 aliphatic carbocycles. The quantitative estimate of drug-likeness (QED) is 0.387. The SMILES string of the molecule is COCCOC(=O)N1CCNC1=N[N+](=O)[O-]. The van der Waals surface area contributed by atoms with E-state index in [2.05, 4.69) is 10.4 Å². The number of nitrogens with one attached hydrogen (secondary N) is 1. The first kappa shape index (κ1) is 12.2. The third-order valence-electron chi connectivity index (χ3n) is 1.78. The number of carbonyl (C=O) groups excluding carboxylic acids is 1. The lowest BCUT2D eigenvalue weighted by atomic mass is 10.6. The van der Waals surface area contributed by atoms with Crippen molar-refractivity contribution < 1.29 is 19.3 Å². The fourth-order valence-electron chi connectivity index (χ4n) is 1.12. The fraction of sp³-hybridized carbons (Fsp3) is 0.714. The molecule has 90 valence electrons. The van der Waals surface area contributed by atoms with Gasteiger partial charge in [0.25, 0.3) is 5.96 Å². The molecule has 0 atom stereocenters. The number of ether oxygens (including phenoxy) is 2. The minimum Gasteiger partial charge on any atom is -0.447 e. The summed E-state index contributed by atoms with van der Waals surface area (Å²) >= 11 is 0. The van der Waals surface area contributed by atoms with Crippen molar-refractivity contribution in [2.45, 2.75) is 0 Å². The van der Waals surface area contributed by atoms with E-state index in [0.29, 0.717) is 13.1 Å². The third-order valence-corrected chi connectivity index (χ3v) is 1.78. The highest BCUT2D eigenvalue weighted by molar-refractivity contribution is 5.95. The van der Waals surface area contributed by atoms with Gasteiger partial charge in [0.1, 0.15) is 11.7 Å². The van der Waals surface area contributed by atoms with E-state index in [1.807, 2.05) is 0 Å². The van der Waals surface area contributed by atoms with Gasteiger partial charge in [0.2, 0.25) is 0 Å². The summed E-state index contributed by atoms with van der Waals surface area (Å²) in [5, 5.41) is 14.9. The lowest BCUT2D eigenvalue weighted by molar-refractivity contribution is -0.485. The van der Waals surface area contributed by atoms with Crippen molar-refractivity contribution in [3.8, 4) is 0 Å². The molecule has 0 bridgehead atoms. The predicted molar refractivity (Wildman–Crippen MR) is 52.4 cm³/mol. The zero-order valence-electron chi connectivity index (χ0n) is 8.71. The van der Waals surface area contributed by atoms with Gasteiger partial charge < -0.3 is 14.8 Å². The largest absolute Gasteiger partial charge is 0.447 e. The number of hydrogen-bond donors (Lipinski definition) is 1. The van der Waals surface area contributed by atoms with E-state index in [1.54, 1.807) is 0 Å². The monoisotopic (exact) mass is 232 g/mol. The van der Waals surface area contributed by atoms with Crippen LogP contribution in [-0.2, 0) is 9.47 Å². The van der Waals surface area contributed by atoms with Crippen molar-refractivity contribution in [3.63, 3.8) is 0 Å². The lowest BCUT2D eigenvalue weighted by Gasteiger charge is -2.13. The van der Waals surface area contributed by atoms with E-state index in [1.165, 1.54) is 7.11 Å². The van der Waals surface area contributed by atoms with Gasteiger partial charge in [-0.2, -0.15) is 0 Å². The van der Waals surface area contributed by atoms with E-state index >= 15 is 0 Å². The van der Waals surface area contributed by atoms with E-state index in [9.17, 15) is 14.9 Å². The second-order valence-corrected chi connectivity index (χ2v) is 2.85. The Labute approximate surface area is 91.1 Å². The van der Waals surface area contributed by atoms with Gasteiger partial charge in [-0.25, -0.2) is 19.8 Å². The minimum atomic E-state index is -0.872. The molecule has 9 nitrogen and oxygen atoms in total. The molecular formula is C7H12N4O5. The van der Waals surface area contributed by atoms with Crippen LogP contribution in [0.25, 0.3) is 0 Å². The molecule has 1 N–H and O–H groups in total. The summed E-state index contributed by atoms with van der Waals surface area (Å²) in [4.78, 5) is 22.6. The molecule has 1 fully saturated rings. The van der Waals surface area contributed by atoms with Crippen LogP contribution in [0.15, 0.2) is 5.10 Å². The fourth-order valence-corrected chi connectivity index (χ4v) is 1.12. The van der Waals surface area contributed by atoms with Crippen molar-refractivity contribution in [3.05, 3.63) is 10.1 Å². The summed E-state index contributed by atoms with van der Waals surface area (Å²) in [5.74, 6) is -0.104. The Morgan fingerprint density at radius 2 is 2.44 bits per heavy atom. The highest BCUT2D eigenvalue weighted by atomic mass is 16.7. The lowest BCUT2D eigenvalue weighted by Crippen LogP contribution is -2.37. The maximum absolute atomic E-state index is 11.4. The number of carbonyl (C=O) groups is 1. The number of rotatable bonds is 4. The molecule has 1 saturated heterocycles. The average molecular weight is 232 g/mol. The Morgan fingerprint density at radius 1 is 1.69 bits per heavy atom. The van der Waals surface area contributed by atoms with E-state index in [4.69, 9.17) is 9.47 Å². The van der Waals surface area contributed by atoms with Gasteiger partial charge in [-0.05, 0) is 0 Å². The zero-order chi connectivity index (χ0) is 12.0. The van der Waals surface area contributed by atoms with Crippen LogP contribution in [-0.4, -0.2) is 55.4 Å². The van der Waals surface area contributed by atoms with Crippen molar-refractivity contribution in [2.75, 3.05) is 33.4 Å². The summed E-state index contributed by atoms with van der Waals surface area (Å²) in [6, 6.07) is 0. The van der Waals surface area contributed by atoms with Crippen molar-refractivity contribution >= 4 is 12.1 Å². The number of methoxy groups -OCH3 is 1. The zero-order valence-corrected chi connectivity index (χ0v) is 8.71. The molecule has 0 unspecified atom stereocenters. The first-order valence-corrected chi connectivity index (χ1v) is 4.55. The summed E-state index contributed by atoms with van der Waals surface area (Å²) in [6.45, 7) is 1.07. The Bertz CT molecular complexity index is 305. The third kappa shape index (κ3) is 3.35. The van der Waals surface area contributed by atoms with E-state index in [-0.39, 0.29) is 19.2 Å². The topological polar surface area (TPSA) is 106 Å². The van der Waals surface area contributed by atoms with Gasteiger partial charge in [0, 0.05) is 20.2 Å². The Kier molecular flexibility index (Phi) is 4.45. The molecule has 1 rings (SSSR count). The maximum Gasteiger partial charge on any atom is 0.416 e. The highest BCUT2D eigenvalue weighted by Crippen LogP contribution is 2.01. The molecule has 0 aromatic rings. The molecule has 1 aliphatic heterocycles. The standard InChI is InChI=1S/C7H12N4O5/c1-15-4-5-16-7(12)10-3-2-8-6(10)9-11(13)14/h2-5H2,1H3,(H,8,9). The van der Waals surface area contributed by atoms with Crippen LogP contribution in [0.4, 0.5) is 4.79 Å². The average Bonchev–Trinajstić information content (AvgIpc) is 2.65. The molecule has 0 aromatic carbocycles. The van der Waals surface area contributed by atoms with E-state index < -0.39 is 11.1 Å². The van der Waals surface area contributed by atoms with Gasteiger partial charge >= 0.3 is 6.09 Å². The highest BCUT2D eigenvalue weighted by Gasteiger charge is 2.28. The van der Waals surface area contributed by atoms with Gasteiger partial charge in [-0.15, -0.1) is 0 Å². The number of nitro groups is 1. The van der Waals surface area contributed by atoms with E-state index in [0.717, 1.165) is 4.90 Å². The van der Waals surface area contributed by atoms with Crippen molar-refractivity contribution in [1.82, 2.24) is 10.2 Å². The Morgan fingerprint density at radius 3 is 3.06 bits per heavy atom. The van der Waals surface area contributed by atoms with Gasteiger partial charge in [-0.3, -0.25) is 0 Å². The number of nitrogens with zero attached hydrogens (tertiary/aromatic N) is 3. The maximum atomic E-state index is 11.4. The van der Waals surface area contributed by atoms with Crippen LogP contribution in [0, 0.1) is 10.1 Å². The molecule has 9 heteroatoms. The number of guanidine groups is 1. The van der Waals surface area contributed by atoms with Crippen LogP contribution in [0.3, 0.4) is 0 Å². The normalized spacial score (nSPS) is 17.3. The predicted octanol–water partition coefficient (Wildman–Crippen LogP) is -0.778. The molecule has 0 radical (unpaired) electrons. The summed E-state index contributed by atoms with van der Waals surface area (Å²) in [6.07, 6.45) is -0.678. The van der Waals surface area contributed by atoms with Crippen LogP contribution in [0.2, 0.25) is 0 Å². The molecule has 0 spiro atoms. The second kappa shape index (κ2) is 5.85. The molecule has 0 aromatic heterocycles. The number of hydrazone groups is 1. The van der Waals surface area contributed by atoms with Crippen molar-refractivity contribution in [1.29, 1.82) is 0 Å². The molecule has 1 amide bonds. The first-order valence-electron chi connectivity index (χ1n) is 4.55. The number of amides is 1. The molecule has 1 heterocycles. The van der Waals surface area contributed by atoms with Crippen molar-refractivity contribution in [2.24, 2.45) is 5.10 Å². The summed E-state index contributed by atoms with van der Waals surface area (Å²) in [5.41, 5.74) is 0. The van der Waals surface area contributed by atoms with Crippen LogP contribution in [0.1, 0.15) is 0 Å². The summed E-state index contributed by atoms with van der Waals surface area (Å²) in [7, 11) is 1.48. The minimum absolute atomic E-state index is 0.0948. The van der Waals surface area contributed by atoms with Crippen LogP contribution < -0.4 is 5.32 Å². The Hall–Kier alpha value is -1.90. The van der Waals surface area contributed by atoms with Crippen LogP contribution in [0.5, 0.6) is 0 Å². The summed E-state index contributed by atoms with van der Waals surface area (Å²) < 4.78 is 9.49. The Balaban J connectivity index is 2.51. The first-order chi connectivity index (χ1) is 7.65. The van der Waals surface area contributed by atoms with Gasteiger partial charge in [0.15, 0.2) is 5.03 Å². The number of hydrogen-bond acceptors (Lipinski definition) is 5. The van der Waals surface area contributed by atoms with Gasteiger partial charge in [-0.1, -0.05) is 0 Å². The second-order valence-electron chi connectivity index (χ2n) is 2.85. The smallest absolute Gasteiger partial charge is 0.416 e. The van der Waals surface area contributed by atoms with Crippen LogP contribution >= 0.6 is 0 Å².